The van der Waals surface area contributed by atoms with Crippen molar-refractivity contribution in [3.05, 3.63) is 48.2 Å². The summed E-state index contributed by atoms with van der Waals surface area (Å²) < 4.78 is 22.8. The summed E-state index contributed by atoms with van der Waals surface area (Å²) >= 11 is 0. The smallest absolute Gasteiger partial charge is 0.244 e. The van der Waals surface area contributed by atoms with E-state index in [1.807, 2.05) is 44.2 Å². The lowest BCUT2D eigenvalue weighted by Crippen LogP contribution is -2.22. The molecule has 0 radical (unpaired) electrons. The third-order valence-corrected chi connectivity index (χ3v) is 5.77. The van der Waals surface area contributed by atoms with Gasteiger partial charge in [-0.05, 0) is 50.1 Å². The van der Waals surface area contributed by atoms with Gasteiger partial charge in [-0.1, -0.05) is 26.2 Å². The van der Waals surface area contributed by atoms with Gasteiger partial charge in [-0.25, -0.2) is 0 Å². The van der Waals surface area contributed by atoms with Gasteiger partial charge in [-0.15, -0.1) is 0 Å². The summed E-state index contributed by atoms with van der Waals surface area (Å²) in [4.78, 5) is 12.5. The van der Waals surface area contributed by atoms with Crippen LogP contribution in [-0.4, -0.2) is 33.3 Å². The fourth-order valence-corrected chi connectivity index (χ4v) is 3.96. The lowest BCUT2D eigenvalue weighted by molar-refractivity contribution is -0.116. The molecule has 1 heterocycles. The van der Waals surface area contributed by atoms with Crippen LogP contribution in [0.2, 0.25) is 0 Å². The Morgan fingerprint density at radius 1 is 1.00 bits per heavy atom. The highest BCUT2D eigenvalue weighted by molar-refractivity contribution is 6.01. The number of hydrogen-bond acceptors (Lipinski definition) is 5. The van der Waals surface area contributed by atoms with E-state index in [2.05, 4.69) is 12.2 Å². The van der Waals surface area contributed by atoms with E-state index in [1.54, 1.807) is 26.6 Å². The Balaban J connectivity index is 1.98. The molecule has 0 aliphatic heterocycles. The lowest BCUT2D eigenvalue weighted by atomic mass is 9.98. The molecule has 0 unspecified atom stereocenters. The summed E-state index contributed by atoms with van der Waals surface area (Å²) in [6.07, 6.45) is 7.82. The normalized spacial score (nSPS) is 11.5. The van der Waals surface area contributed by atoms with Crippen molar-refractivity contribution < 1.29 is 23.4 Å². The van der Waals surface area contributed by atoms with Crippen molar-refractivity contribution in [3.63, 3.8) is 0 Å². The van der Waals surface area contributed by atoms with Crippen molar-refractivity contribution in [2.75, 3.05) is 27.4 Å². The second-order valence-corrected chi connectivity index (χ2v) is 8.17. The molecule has 1 aromatic heterocycles. The third-order valence-electron chi connectivity index (χ3n) is 5.77. The van der Waals surface area contributed by atoms with Crippen molar-refractivity contribution in [3.8, 4) is 28.4 Å². The van der Waals surface area contributed by atoms with Gasteiger partial charge in [0.15, 0.2) is 0 Å². The number of carbonyl (C=O) groups excluding carboxylic acids is 1. The van der Waals surface area contributed by atoms with Crippen LogP contribution in [0.15, 0.2) is 47.1 Å². The highest BCUT2D eigenvalue weighted by atomic mass is 16.5. The maximum atomic E-state index is 12.5. The maximum absolute atomic E-state index is 12.5. The molecule has 6 nitrogen and oxygen atoms in total. The number of carbonyl (C=O) groups is 1. The zero-order chi connectivity index (χ0) is 24.5. The van der Waals surface area contributed by atoms with E-state index in [4.69, 9.17) is 18.6 Å². The van der Waals surface area contributed by atoms with Crippen molar-refractivity contribution in [1.29, 1.82) is 0 Å². The van der Waals surface area contributed by atoms with Crippen LogP contribution in [0, 0.1) is 0 Å². The van der Waals surface area contributed by atoms with Gasteiger partial charge in [0.05, 0.1) is 27.1 Å². The molecule has 1 N–H and O–H groups in total. The van der Waals surface area contributed by atoms with Crippen molar-refractivity contribution in [2.45, 2.75) is 46.5 Å². The molecular formula is C28H35NO5. The minimum atomic E-state index is -0.0987. The summed E-state index contributed by atoms with van der Waals surface area (Å²) in [6, 6.07) is 9.55. The van der Waals surface area contributed by atoms with Gasteiger partial charge in [-0.2, -0.15) is 0 Å². The van der Waals surface area contributed by atoms with Gasteiger partial charge in [0.1, 0.15) is 22.8 Å². The molecule has 0 atom stereocenters. The average Bonchev–Trinajstić information content (AvgIpc) is 3.25. The first-order chi connectivity index (χ1) is 16.5. The molecule has 182 valence electrons. The summed E-state index contributed by atoms with van der Waals surface area (Å²) in [7, 11) is 3.27. The predicted molar refractivity (Wildman–Crippen MR) is 137 cm³/mol. The molecule has 0 saturated carbocycles. The van der Waals surface area contributed by atoms with E-state index in [-0.39, 0.29) is 5.91 Å². The van der Waals surface area contributed by atoms with Crippen molar-refractivity contribution >= 4 is 22.4 Å². The number of benzene rings is 2. The second-order valence-electron chi connectivity index (χ2n) is 8.17. The minimum Gasteiger partial charge on any atom is -0.497 e. The zero-order valence-electron chi connectivity index (χ0n) is 20.8. The van der Waals surface area contributed by atoms with E-state index in [9.17, 15) is 4.79 Å². The van der Waals surface area contributed by atoms with E-state index in [1.165, 1.54) is 12.8 Å². The topological polar surface area (TPSA) is 69.9 Å². The second kappa shape index (κ2) is 12.2. The van der Waals surface area contributed by atoms with Gasteiger partial charge < -0.3 is 23.9 Å². The van der Waals surface area contributed by atoms with E-state index >= 15 is 0 Å². The quantitative estimate of drug-likeness (QED) is 0.241. The molecule has 1 amide bonds. The highest BCUT2D eigenvalue weighted by Crippen LogP contribution is 2.41. The van der Waals surface area contributed by atoms with Gasteiger partial charge in [0.2, 0.25) is 5.91 Å². The number of rotatable bonds is 12. The lowest BCUT2D eigenvalue weighted by Gasteiger charge is -2.13. The Kier molecular flexibility index (Phi) is 9.02. The number of ether oxygens (including phenoxy) is 3. The summed E-state index contributed by atoms with van der Waals surface area (Å²) in [5.74, 6) is 2.02. The van der Waals surface area contributed by atoms with Gasteiger partial charge >= 0.3 is 0 Å². The zero-order valence-corrected chi connectivity index (χ0v) is 20.8. The molecule has 3 rings (SSSR count). The monoisotopic (exact) mass is 465 g/mol. The van der Waals surface area contributed by atoms with Gasteiger partial charge in [-0.3, -0.25) is 4.79 Å². The number of amides is 1. The molecule has 0 fully saturated rings. The van der Waals surface area contributed by atoms with Crippen LogP contribution in [0.3, 0.4) is 0 Å². The Bertz CT molecular complexity index is 1150. The number of furan rings is 1. The minimum absolute atomic E-state index is 0.0987. The summed E-state index contributed by atoms with van der Waals surface area (Å²) in [6.45, 7) is 7.22. The number of allylic oxidation sites excluding steroid dienone is 1. The average molecular weight is 466 g/mol. The first kappa shape index (κ1) is 25.2. The molecule has 0 saturated heterocycles. The van der Waals surface area contributed by atoms with E-state index < -0.39 is 0 Å². The molecule has 0 aliphatic rings. The first-order valence-electron chi connectivity index (χ1n) is 11.9. The fraction of sp³-hybridized carbons (Fsp3) is 0.393. The van der Waals surface area contributed by atoms with Crippen LogP contribution in [0.25, 0.3) is 27.7 Å². The van der Waals surface area contributed by atoms with E-state index in [0.29, 0.717) is 30.2 Å². The standard InChI is InChI=1S/C28H35NO5/c1-6-8-9-10-13-29-28(30)14-19(3)21-16-23-24(18-34-27(23)17-26(21)33-7-2)22-15-20(31-4)11-12-25(22)32-5/h11-12,14-18H,6-10,13H2,1-5H3,(H,29,30)/b19-14+. The number of fused-ring (bicyclic) bond motifs is 1. The Morgan fingerprint density at radius 2 is 1.82 bits per heavy atom. The molecule has 0 spiro atoms. The molecule has 0 aliphatic carbocycles. The molecule has 2 aromatic carbocycles. The summed E-state index contributed by atoms with van der Waals surface area (Å²) in [5, 5.41) is 3.89. The van der Waals surface area contributed by atoms with Crippen LogP contribution in [0.1, 0.15) is 52.0 Å². The maximum Gasteiger partial charge on any atom is 0.244 e. The van der Waals surface area contributed by atoms with Crippen molar-refractivity contribution in [1.82, 2.24) is 5.32 Å². The van der Waals surface area contributed by atoms with Gasteiger partial charge in [0.25, 0.3) is 0 Å². The Hall–Kier alpha value is -3.41. The molecule has 3 aromatic rings. The largest absolute Gasteiger partial charge is 0.497 e. The first-order valence-corrected chi connectivity index (χ1v) is 11.9. The highest BCUT2D eigenvalue weighted by Gasteiger charge is 2.18. The van der Waals surface area contributed by atoms with Crippen LogP contribution in [0.5, 0.6) is 17.2 Å². The number of hydrogen-bond donors (Lipinski definition) is 1. The molecule has 34 heavy (non-hydrogen) atoms. The molecule has 6 heteroatoms. The Morgan fingerprint density at radius 3 is 2.53 bits per heavy atom. The number of methoxy groups -OCH3 is 2. The SMILES string of the molecule is CCCCCCNC(=O)/C=C(\C)c1cc2c(-c3cc(OC)ccc3OC)coc2cc1OCC. The van der Waals surface area contributed by atoms with Crippen molar-refractivity contribution in [2.24, 2.45) is 0 Å². The number of unbranched alkanes of at least 4 members (excludes halogenated alkanes) is 3. The van der Waals surface area contributed by atoms with Crippen LogP contribution in [-0.2, 0) is 4.79 Å². The molecule has 0 bridgehead atoms. The Labute approximate surface area is 201 Å². The van der Waals surface area contributed by atoms with Gasteiger partial charge in [0, 0.05) is 40.8 Å². The summed E-state index contributed by atoms with van der Waals surface area (Å²) in [5.41, 5.74) is 4.10. The van der Waals surface area contributed by atoms with Crippen LogP contribution in [0.4, 0.5) is 0 Å². The fourth-order valence-electron chi connectivity index (χ4n) is 3.96. The number of nitrogens with one attached hydrogen (secondary N) is 1. The van der Waals surface area contributed by atoms with E-state index in [0.717, 1.165) is 46.2 Å². The third kappa shape index (κ3) is 5.93. The van der Waals surface area contributed by atoms with Crippen LogP contribution < -0.4 is 19.5 Å². The predicted octanol–water partition coefficient (Wildman–Crippen LogP) is 6.62. The van der Waals surface area contributed by atoms with Crippen LogP contribution >= 0.6 is 0 Å². The molecular weight excluding hydrogens is 430 g/mol.